The van der Waals surface area contributed by atoms with Crippen LogP contribution in [0.15, 0.2) is 17.5 Å². The molecule has 1 amide bonds. The van der Waals surface area contributed by atoms with Crippen LogP contribution in [0.5, 0.6) is 0 Å². The van der Waals surface area contributed by atoms with E-state index in [0.29, 0.717) is 12.6 Å². The third kappa shape index (κ3) is 4.58. The summed E-state index contributed by atoms with van der Waals surface area (Å²) in [5.41, 5.74) is 0. The molecule has 2 rings (SSSR count). The molecule has 20 heavy (non-hydrogen) atoms. The van der Waals surface area contributed by atoms with Crippen LogP contribution < -0.4 is 5.32 Å². The zero-order valence-electron chi connectivity index (χ0n) is 12.5. The fourth-order valence-electron chi connectivity index (χ4n) is 2.44. The second kappa shape index (κ2) is 7.76. The molecule has 0 radical (unpaired) electrons. The maximum atomic E-state index is 12.3. The summed E-state index contributed by atoms with van der Waals surface area (Å²) in [4.78, 5) is 17.9. The van der Waals surface area contributed by atoms with Crippen LogP contribution in [-0.2, 0) is 11.2 Å². The van der Waals surface area contributed by atoms with Crippen LogP contribution in [0.3, 0.4) is 0 Å². The van der Waals surface area contributed by atoms with Gasteiger partial charge in [-0.2, -0.15) is 0 Å². The Bertz CT molecular complexity index is 399. The minimum atomic E-state index is 0.259. The van der Waals surface area contributed by atoms with Crippen molar-refractivity contribution in [1.82, 2.24) is 15.1 Å². The lowest BCUT2D eigenvalue weighted by molar-refractivity contribution is -0.132. The molecule has 2 heterocycles. The monoisotopic (exact) mass is 295 g/mol. The van der Waals surface area contributed by atoms with Crippen molar-refractivity contribution in [1.29, 1.82) is 0 Å². The molecule has 5 heteroatoms. The third-order valence-electron chi connectivity index (χ3n) is 3.91. The number of amides is 1. The third-order valence-corrected chi connectivity index (χ3v) is 4.81. The maximum Gasteiger partial charge on any atom is 0.236 e. The Morgan fingerprint density at radius 1 is 1.50 bits per heavy atom. The van der Waals surface area contributed by atoms with Crippen molar-refractivity contribution in [3.05, 3.63) is 22.4 Å². The van der Waals surface area contributed by atoms with Gasteiger partial charge in [0.15, 0.2) is 0 Å². The summed E-state index contributed by atoms with van der Waals surface area (Å²) in [6.07, 6.45) is 2.07. The first kappa shape index (κ1) is 15.5. The fraction of sp³-hybridized carbons (Fsp3) is 0.667. The van der Waals surface area contributed by atoms with Gasteiger partial charge in [0, 0.05) is 30.6 Å². The van der Waals surface area contributed by atoms with Crippen LogP contribution in [-0.4, -0.2) is 61.5 Å². The Kier molecular flexibility index (Phi) is 6.01. The highest BCUT2D eigenvalue weighted by Crippen LogP contribution is 2.13. The number of hydrogen-bond acceptors (Lipinski definition) is 4. The van der Waals surface area contributed by atoms with Crippen molar-refractivity contribution < 1.29 is 4.79 Å². The van der Waals surface area contributed by atoms with Crippen LogP contribution in [0, 0.1) is 0 Å². The molecular weight excluding hydrogens is 270 g/mol. The lowest BCUT2D eigenvalue weighted by atomic mass is 10.2. The van der Waals surface area contributed by atoms with Gasteiger partial charge in [0.05, 0.1) is 6.54 Å². The molecule has 0 spiro atoms. The molecule has 112 valence electrons. The van der Waals surface area contributed by atoms with Gasteiger partial charge in [0.1, 0.15) is 0 Å². The Morgan fingerprint density at radius 3 is 3.10 bits per heavy atom. The first-order valence-electron chi connectivity index (χ1n) is 7.38. The van der Waals surface area contributed by atoms with Crippen molar-refractivity contribution in [3.63, 3.8) is 0 Å². The molecule has 1 aromatic rings. The van der Waals surface area contributed by atoms with Gasteiger partial charge in [-0.1, -0.05) is 6.07 Å². The van der Waals surface area contributed by atoms with Crippen molar-refractivity contribution in [2.24, 2.45) is 0 Å². The SMILES string of the molecule is CC(Cc1cccs1)N(C)CC(=O)N1CCCNCC1. The van der Waals surface area contributed by atoms with Gasteiger partial charge < -0.3 is 10.2 Å². The molecule has 0 aliphatic carbocycles. The second-order valence-electron chi connectivity index (χ2n) is 5.53. The van der Waals surface area contributed by atoms with Gasteiger partial charge in [-0.05, 0) is 44.8 Å². The predicted molar refractivity (Wildman–Crippen MR) is 84.2 cm³/mol. The summed E-state index contributed by atoms with van der Waals surface area (Å²) in [6.45, 7) is 6.38. The zero-order valence-corrected chi connectivity index (χ0v) is 13.3. The molecule has 1 aliphatic heterocycles. The molecule has 1 saturated heterocycles. The van der Waals surface area contributed by atoms with E-state index in [1.54, 1.807) is 11.3 Å². The summed E-state index contributed by atoms with van der Waals surface area (Å²) in [5, 5.41) is 5.44. The molecule has 1 unspecified atom stereocenters. The number of likely N-dealkylation sites (N-methyl/N-ethyl adjacent to an activating group) is 1. The van der Waals surface area contributed by atoms with Crippen molar-refractivity contribution in [2.75, 3.05) is 39.8 Å². The smallest absolute Gasteiger partial charge is 0.236 e. The van der Waals surface area contributed by atoms with E-state index in [0.717, 1.165) is 39.0 Å². The number of carbonyl (C=O) groups is 1. The van der Waals surface area contributed by atoms with Gasteiger partial charge in [-0.3, -0.25) is 9.69 Å². The molecule has 0 bridgehead atoms. The summed E-state index contributed by atoms with van der Waals surface area (Å²) in [7, 11) is 2.05. The van der Waals surface area contributed by atoms with Crippen molar-refractivity contribution in [2.45, 2.75) is 25.8 Å². The Labute approximate surface area is 125 Å². The predicted octanol–water partition coefficient (Wildman–Crippen LogP) is 1.43. The summed E-state index contributed by atoms with van der Waals surface area (Å²) < 4.78 is 0. The lowest BCUT2D eigenvalue weighted by Gasteiger charge is -2.27. The van der Waals surface area contributed by atoms with E-state index >= 15 is 0 Å². The van der Waals surface area contributed by atoms with Crippen molar-refractivity contribution in [3.8, 4) is 0 Å². The van der Waals surface area contributed by atoms with Gasteiger partial charge in [-0.15, -0.1) is 11.3 Å². The number of hydrogen-bond donors (Lipinski definition) is 1. The van der Waals surface area contributed by atoms with Crippen LogP contribution in [0.2, 0.25) is 0 Å². The van der Waals surface area contributed by atoms with E-state index in [-0.39, 0.29) is 5.91 Å². The average molecular weight is 295 g/mol. The average Bonchev–Trinajstić information content (AvgIpc) is 2.78. The number of nitrogens with zero attached hydrogens (tertiary/aromatic N) is 2. The highest BCUT2D eigenvalue weighted by Gasteiger charge is 2.19. The second-order valence-corrected chi connectivity index (χ2v) is 6.56. The minimum Gasteiger partial charge on any atom is -0.340 e. The Hall–Kier alpha value is -0.910. The quantitative estimate of drug-likeness (QED) is 0.893. The highest BCUT2D eigenvalue weighted by molar-refractivity contribution is 7.09. The maximum absolute atomic E-state index is 12.3. The molecule has 4 nitrogen and oxygen atoms in total. The molecule has 0 aromatic carbocycles. The first-order valence-corrected chi connectivity index (χ1v) is 8.26. The van der Waals surface area contributed by atoms with Crippen LogP contribution in [0.4, 0.5) is 0 Å². The van der Waals surface area contributed by atoms with Crippen LogP contribution >= 0.6 is 11.3 Å². The number of carbonyl (C=O) groups excluding carboxylic acids is 1. The molecule has 0 saturated carbocycles. The Morgan fingerprint density at radius 2 is 2.35 bits per heavy atom. The molecule has 1 atom stereocenters. The van der Waals surface area contributed by atoms with Crippen LogP contribution in [0.1, 0.15) is 18.2 Å². The van der Waals surface area contributed by atoms with Crippen LogP contribution in [0.25, 0.3) is 0 Å². The summed E-state index contributed by atoms with van der Waals surface area (Å²) in [6, 6.07) is 4.64. The minimum absolute atomic E-state index is 0.259. The standard InChI is InChI=1S/C15H25N3OS/c1-13(11-14-5-3-10-20-14)17(2)12-15(19)18-8-4-6-16-7-9-18/h3,5,10,13,16H,4,6-9,11-12H2,1-2H3. The fourth-order valence-corrected chi connectivity index (χ4v) is 3.27. The molecule has 1 aliphatic rings. The highest BCUT2D eigenvalue weighted by atomic mass is 32.1. The van der Waals surface area contributed by atoms with Gasteiger partial charge in [0.25, 0.3) is 0 Å². The van der Waals surface area contributed by atoms with E-state index < -0.39 is 0 Å². The number of thiophene rings is 1. The van der Waals surface area contributed by atoms with E-state index in [1.165, 1.54) is 4.88 Å². The van der Waals surface area contributed by atoms with E-state index in [1.807, 2.05) is 11.9 Å². The normalized spacial score (nSPS) is 18.1. The summed E-state index contributed by atoms with van der Waals surface area (Å²) in [5.74, 6) is 0.259. The topological polar surface area (TPSA) is 35.6 Å². The van der Waals surface area contributed by atoms with E-state index in [9.17, 15) is 4.79 Å². The molecule has 1 aromatic heterocycles. The van der Waals surface area contributed by atoms with E-state index in [2.05, 4.69) is 34.7 Å². The zero-order chi connectivity index (χ0) is 14.4. The summed E-state index contributed by atoms with van der Waals surface area (Å²) >= 11 is 1.79. The van der Waals surface area contributed by atoms with Crippen molar-refractivity contribution >= 4 is 17.2 Å². The van der Waals surface area contributed by atoms with Gasteiger partial charge in [-0.25, -0.2) is 0 Å². The number of rotatable bonds is 5. The van der Waals surface area contributed by atoms with Gasteiger partial charge >= 0.3 is 0 Å². The molecular formula is C15H25N3OS. The van der Waals surface area contributed by atoms with Gasteiger partial charge in [0.2, 0.25) is 5.91 Å². The largest absolute Gasteiger partial charge is 0.340 e. The molecule has 1 N–H and O–H groups in total. The van der Waals surface area contributed by atoms with E-state index in [4.69, 9.17) is 0 Å². The lowest BCUT2D eigenvalue weighted by Crippen LogP contribution is -2.43. The molecule has 1 fully saturated rings. The number of nitrogens with one attached hydrogen (secondary N) is 1. The Balaban J connectivity index is 1.80. The first-order chi connectivity index (χ1) is 9.66.